The van der Waals surface area contributed by atoms with E-state index >= 15 is 0 Å². The smallest absolute Gasteiger partial charge is 0.00961 e. The van der Waals surface area contributed by atoms with Crippen LogP contribution in [0.2, 0.25) is 0 Å². The molecule has 0 atom stereocenters. The molecule has 0 heterocycles. The Morgan fingerprint density at radius 2 is 1.33 bits per heavy atom. The summed E-state index contributed by atoms with van der Waals surface area (Å²) in [4.78, 5) is 0. The topological polar surface area (TPSA) is 0 Å². The van der Waals surface area contributed by atoms with Gasteiger partial charge in [-0.25, -0.2) is 0 Å². The Kier molecular flexibility index (Phi) is 3.01. The summed E-state index contributed by atoms with van der Waals surface area (Å²) in [5, 5.41) is 2.51. The van der Waals surface area contributed by atoms with E-state index in [-0.39, 0.29) is 10.8 Å². The van der Waals surface area contributed by atoms with E-state index in [0.717, 1.165) is 0 Å². The van der Waals surface area contributed by atoms with E-state index in [9.17, 15) is 0 Å². The minimum absolute atomic E-state index is 0.183. The number of benzene rings is 2. The van der Waals surface area contributed by atoms with Crippen LogP contribution < -0.4 is 0 Å². The Labute approximate surface area is 111 Å². The van der Waals surface area contributed by atoms with Crippen LogP contribution in [0.3, 0.4) is 0 Å². The zero-order chi connectivity index (χ0) is 13.6. The van der Waals surface area contributed by atoms with Crippen LogP contribution in [0.5, 0.6) is 0 Å². The van der Waals surface area contributed by atoms with Crippen molar-refractivity contribution in [2.75, 3.05) is 0 Å². The fourth-order valence-corrected chi connectivity index (χ4v) is 2.08. The molecule has 0 spiro atoms. The fourth-order valence-electron chi connectivity index (χ4n) is 2.08. The molecule has 0 saturated heterocycles. The first-order chi connectivity index (χ1) is 8.18. The Hall–Kier alpha value is -1.30. The quantitative estimate of drug-likeness (QED) is 0.590. The van der Waals surface area contributed by atoms with Gasteiger partial charge in [0, 0.05) is 0 Å². The Morgan fingerprint density at radius 3 is 1.89 bits per heavy atom. The molecule has 2 aromatic carbocycles. The molecule has 0 unspecified atom stereocenters. The molecule has 2 aromatic rings. The number of fused-ring (bicyclic) bond motifs is 1. The molecule has 0 aromatic heterocycles. The van der Waals surface area contributed by atoms with Gasteiger partial charge in [-0.15, -0.1) is 0 Å². The van der Waals surface area contributed by atoms with Crippen LogP contribution in [0.1, 0.15) is 52.7 Å². The lowest BCUT2D eigenvalue weighted by atomic mass is 9.83. The normalized spacial score (nSPS) is 13.0. The molecule has 0 N–H and O–H groups in total. The molecule has 0 saturated carbocycles. The molecule has 0 heteroatoms. The maximum absolute atomic E-state index is 3.40. The molecule has 1 radical (unpaired) electrons. The lowest BCUT2D eigenvalue weighted by Crippen LogP contribution is -2.12. The Morgan fingerprint density at radius 1 is 0.778 bits per heavy atom. The van der Waals surface area contributed by atoms with E-state index in [4.69, 9.17) is 0 Å². The maximum atomic E-state index is 3.40. The first-order valence-electron chi connectivity index (χ1n) is 6.64. The van der Waals surface area contributed by atoms with Crippen molar-refractivity contribution in [2.24, 2.45) is 0 Å². The van der Waals surface area contributed by atoms with Gasteiger partial charge >= 0.3 is 0 Å². The highest BCUT2D eigenvalue weighted by Crippen LogP contribution is 2.29. The van der Waals surface area contributed by atoms with Crippen LogP contribution >= 0.6 is 0 Å². The van der Waals surface area contributed by atoms with Gasteiger partial charge in [0.25, 0.3) is 0 Å². The second-order valence-corrected chi connectivity index (χ2v) is 7.19. The van der Waals surface area contributed by atoms with Gasteiger partial charge in [0.1, 0.15) is 0 Å². The zero-order valence-electron chi connectivity index (χ0n) is 12.4. The summed E-state index contributed by atoms with van der Waals surface area (Å²) >= 11 is 0. The summed E-state index contributed by atoms with van der Waals surface area (Å²) in [5.74, 6) is 0. The van der Waals surface area contributed by atoms with E-state index in [2.05, 4.69) is 77.9 Å². The highest BCUT2D eigenvalue weighted by atomic mass is 14.2. The molecule has 0 bridgehead atoms. The predicted octanol–water partition coefficient (Wildman–Crippen LogP) is 5.23. The second kappa shape index (κ2) is 4.12. The van der Waals surface area contributed by atoms with Crippen molar-refractivity contribution in [2.45, 2.75) is 52.4 Å². The molecular formula is C18H23. The monoisotopic (exact) mass is 239 g/mol. The maximum Gasteiger partial charge on any atom is -0.00961 e. The van der Waals surface area contributed by atoms with E-state index in [1.807, 2.05) is 0 Å². The SMILES string of the molecule is CC(C)(C)c1c[c]c2ccc(C(C)(C)C)cc2c1. The third kappa shape index (κ3) is 2.58. The van der Waals surface area contributed by atoms with Crippen LogP contribution in [-0.2, 0) is 10.8 Å². The summed E-state index contributed by atoms with van der Waals surface area (Å²) in [5.41, 5.74) is 3.12. The van der Waals surface area contributed by atoms with Gasteiger partial charge in [0.05, 0.1) is 0 Å². The van der Waals surface area contributed by atoms with E-state index in [1.165, 1.54) is 21.9 Å². The first-order valence-corrected chi connectivity index (χ1v) is 6.64. The number of hydrogen-bond donors (Lipinski definition) is 0. The summed E-state index contributed by atoms with van der Waals surface area (Å²) in [6.45, 7) is 13.5. The van der Waals surface area contributed by atoms with Crippen molar-refractivity contribution in [1.82, 2.24) is 0 Å². The summed E-state index contributed by atoms with van der Waals surface area (Å²) in [7, 11) is 0. The molecule has 0 aliphatic heterocycles. The van der Waals surface area contributed by atoms with Crippen LogP contribution in [0, 0.1) is 6.07 Å². The van der Waals surface area contributed by atoms with Gasteiger partial charge < -0.3 is 0 Å². The van der Waals surface area contributed by atoms with Crippen molar-refractivity contribution < 1.29 is 0 Å². The van der Waals surface area contributed by atoms with Gasteiger partial charge in [0.15, 0.2) is 0 Å². The predicted molar refractivity (Wildman–Crippen MR) is 80.2 cm³/mol. The lowest BCUT2D eigenvalue weighted by Gasteiger charge is -2.21. The van der Waals surface area contributed by atoms with Crippen LogP contribution in [0.4, 0.5) is 0 Å². The van der Waals surface area contributed by atoms with Gasteiger partial charge in [-0.2, -0.15) is 0 Å². The average molecular weight is 239 g/mol. The second-order valence-electron chi connectivity index (χ2n) is 7.19. The molecule has 0 aliphatic rings. The van der Waals surface area contributed by atoms with Gasteiger partial charge in [0.2, 0.25) is 0 Å². The average Bonchev–Trinajstić information content (AvgIpc) is 2.25. The molecular weight excluding hydrogens is 216 g/mol. The van der Waals surface area contributed by atoms with E-state index < -0.39 is 0 Å². The van der Waals surface area contributed by atoms with Gasteiger partial charge in [-0.1, -0.05) is 65.8 Å². The molecule has 0 aliphatic carbocycles. The molecule has 2 rings (SSSR count). The lowest BCUT2D eigenvalue weighted by molar-refractivity contribution is 0.589. The van der Waals surface area contributed by atoms with Crippen molar-refractivity contribution in [3.8, 4) is 0 Å². The molecule has 0 fully saturated rings. The van der Waals surface area contributed by atoms with E-state index in [0.29, 0.717) is 0 Å². The zero-order valence-corrected chi connectivity index (χ0v) is 12.4. The number of hydrogen-bond acceptors (Lipinski definition) is 0. The summed E-state index contributed by atoms with van der Waals surface area (Å²) in [6, 6.07) is 14.5. The number of rotatable bonds is 0. The standard InChI is InChI=1S/C18H23/c1-17(2,3)15-9-7-13-8-10-16(18(4,5)6)12-14(13)11-15/h7,9-12H,1-6H3. The van der Waals surface area contributed by atoms with Crippen LogP contribution in [0.25, 0.3) is 10.8 Å². The largest absolute Gasteiger partial charge is 0.0578 e. The molecule has 95 valence electrons. The van der Waals surface area contributed by atoms with Gasteiger partial charge in [-0.05, 0) is 44.9 Å². The molecule has 18 heavy (non-hydrogen) atoms. The van der Waals surface area contributed by atoms with Crippen molar-refractivity contribution in [1.29, 1.82) is 0 Å². The summed E-state index contributed by atoms with van der Waals surface area (Å²) < 4.78 is 0. The fraction of sp³-hybridized carbons (Fsp3) is 0.444. The van der Waals surface area contributed by atoms with Crippen molar-refractivity contribution in [3.63, 3.8) is 0 Å². The molecule has 0 nitrogen and oxygen atoms in total. The van der Waals surface area contributed by atoms with Crippen LogP contribution in [-0.4, -0.2) is 0 Å². The Balaban J connectivity index is 2.61. The molecule has 0 amide bonds. The highest BCUT2D eigenvalue weighted by molar-refractivity contribution is 5.83. The Bertz CT molecular complexity index is 514. The summed E-state index contributed by atoms with van der Waals surface area (Å²) in [6.07, 6.45) is 0. The third-order valence-corrected chi connectivity index (χ3v) is 3.48. The third-order valence-electron chi connectivity index (χ3n) is 3.48. The first kappa shape index (κ1) is 13.1. The minimum atomic E-state index is 0.183. The minimum Gasteiger partial charge on any atom is -0.0578 e. The van der Waals surface area contributed by atoms with Gasteiger partial charge in [-0.3, -0.25) is 0 Å². The van der Waals surface area contributed by atoms with Crippen molar-refractivity contribution >= 4 is 10.8 Å². The van der Waals surface area contributed by atoms with E-state index in [1.54, 1.807) is 0 Å². The van der Waals surface area contributed by atoms with Crippen LogP contribution in [0.15, 0.2) is 30.3 Å². The van der Waals surface area contributed by atoms with Crippen molar-refractivity contribution in [3.05, 3.63) is 47.5 Å². The highest BCUT2D eigenvalue weighted by Gasteiger charge is 2.16.